The van der Waals surface area contributed by atoms with E-state index >= 15 is 0 Å². The van der Waals surface area contributed by atoms with Crippen molar-refractivity contribution in [2.24, 2.45) is 0 Å². The standard InChI is InChI=1S/C14H11BrFNO3/c15-9-1-4-13(18)8(5-9)7-17-10-2-3-12(16)11(6-10)14(19)20/h1-6,17-18H,7H2,(H,19,20). The highest BCUT2D eigenvalue weighted by atomic mass is 79.9. The molecule has 4 nitrogen and oxygen atoms in total. The van der Waals surface area contributed by atoms with Gasteiger partial charge in [0.2, 0.25) is 0 Å². The van der Waals surface area contributed by atoms with Crippen LogP contribution in [-0.4, -0.2) is 16.2 Å². The average molecular weight is 340 g/mol. The maximum Gasteiger partial charge on any atom is 0.338 e. The summed E-state index contributed by atoms with van der Waals surface area (Å²) in [6, 6.07) is 8.74. The molecule has 104 valence electrons. The summed E-state index contributed by atoms with van der Waals surface area (Å²) in [6.45, 7) is 0.288. The van der Waals surface area contributed by atoms with Crippen LogP contribution in [0.25, 0.3) is 0 Å². The lowest BCUT2D eigenvalue weighted by atomic mass is 10.1. The van der Waals surface area contributed by atoms with Crippen LogP contribution in [0.4, 0.5) is 10.1 Å². The van der Waals surface area contributed by atoms with Crippen molar-refractivity contribution in [1.29, 1.82) is 0 Å². The summed E-state index contributed by atoms with van der Waals surface area (Å²) in [5.41, 5.74) is 0.706. The zero-order chi connectivity index (χ0) is 14.7. The van der Waals surface area contributed by atoms with E-state index in [1.165, 1.54) is 12.1 Å². The summed E-state index contributed by atoms with van der Waals surface area (Å²) >= 11 is 3.30. The Morgan fingerprint density at radius 1 is 1.25 bits per heavy atom. The first kappa shape index (κ1) is 14.3. The Morgan fingerprint density at radius 2 is 2.00 bits per heavy atom. The van der Waals surface area contributed by atoms with Gasteiger partial charge in [0, 0.05) is 22.3 Å². The number of rotatable bonds is 4. The first-order valence-electron chi connectivity index (χ1n) is 5.71. The Hall–Kier alpha value is -2.08. The van der Waals surface area contributed by atoms with Gasteiger partial charge in [-0.2, -0.15) is 0 Å². The molecular weight excluding hydrogens is 329 g/mol. The van der Waals surface area contributed by atoms with Gasteiger partial charge in [-0.25, -0.2) is 9.18 Å². The van der Waals surface area contributed by atoms with Crippen LogP contribution >= 0.6 is 15.9 Å². The van der Waals surface area contributed by atoms with Crippen LogP contribution in [0, 0.1) is 5.82 Å². The maximum atomic E-state index is 13.2. The second-order valence-electron chi connectivity index (χ2n) is 4.13. The molecule has 0 unspecified atom stereocenters. The number of anilines is 1. The molecule has 0 saturated carbocycles. The van der Waals surface area contributed by atoms with Gasteiger partial charge in [-0.15, -0.1) is 0 Å². The fourth-order valence-corrected chi connectivity index (χ4v) is 2.10. The molecule has 2 aromatic rings. The van der Waals surface area contributed by atoms with Gasteiger partial charge in [0.05, 0.1) is 5.56 Å². The van der Waals surface area contributed by atoms with Gasteiger partial charge >= 0.3 is 5.97 Å². The van der Waals surface area contributed by atoms with Crippen LogP contribution in [-0.2, 0) is 6.54 Å². The Bertz CT molecular complexity index is 661. The van der Waals surface area contributed by atoms with E-state index in [0.717, 1.165) is 10.5 Å². The lowest BCUT2D eigenvalue weighted by Gasteiger charge is -2.09. The zero-order valence-corrected chi connectivity index (χ0v) is 11.8. The number of benzene rings is 2. The number of aromatic hydroxyl groups is 1. The molecule has 0 amide bonds. The maximum absolute atomic E-state index is 13.2. The summed E-state index contributed by atoms with van der Waals surface area (Å²) in [7, 11) is 0. The third kappa shape index (κ3) is 3.27. The molecule has 0 bridgehead atoms. The first-order chi connectivity index (χ1) is 9.47. The molecule has 2 aromatic carbocycles. The molecule has 0 spiro atoms. The van der Waals surface area contributed by atoms with E-state index in [1.54, 1.807) is 18.2 Å². The highest BCUT2D eigenvalue weighted by molar-refractivity contribution is 9.10. The molecule has 0 heterocycles. The van der Waals surface area contributed by atoms with Crippen molar-refractivity contribution in [3.8, 4) is 5.75 Å². The molecule has 0 saturated heterocycles. The van der Waals surface area contributed by atoms with Gasteiger partial charge in [-0.05, 0) is 36.4 Å². The summed E-state index contributed by atoms with van der Waals surface area (Å²) in [4.78, 5) is 10.8. The predicted molar refractivity (Wildman–Crippen MR) is 76.5 cm³/mol. The van der Waals surface area contributed by atoms with E-state index in [-0.39, 0.29) is 12.3 Å². The van der Waals surface area contributed by atoms with E-state index in [1.807, 2.05) is 0 Å². The van der Waals surface area contributed by atoms with E-state index in [0.29, 0.717) is 11.3 Å². The molecule has 0 aliphatic heterocycles. The normalized spacial score (nSPS) is 10.3. The van der Waals surface area contributed by atoms with Crippen LogP contribution in [0.5, 0.6) is 5.75 Å². The number of hydrogen-bond acceptors (Lipinski definition) is 3. The van der Waals surface area contributed by atoms with Crippen LogP contribution in [0.3, 0.4) is 0 Å². The molecule has 0 aliphatic carbocycles. The molecule has 0 atom stereocenters. The molecule has 0 radical (unpaired) electrons. The number of phenolic OH excluding ortho intramolecular Hbond substituents is 1. The summed E-state index contributed by atoms with van der Waals surface area (Å²) in [5.74, 6) is -1.98. The van der Waals surface area contributed by atoms with E-state index < -0.39 is 17.3 Å². The second kappa shape index (κ2) is 5.92. The number of carboxylic acids is 1. The van der Waals surface area contributed by atoms with Gasteiger partial charge in [-0.3, -0.25) is 0 Å². The van der Waals surface area contributed by atoms with Crippen molar-refractivity contribution in [1.82, 2.24) is 0 Å². The van der Waals surface area contributed by atoms with Crippen LogP contribution in [0.2, 0.25) is 0 Å². The minimum Gasteiger partial charge on any atom is -0.508 e. The van der Waals surface area contributed by atoms with E-state index in [9.17, 15) is 14.3 Å². The van der Waals surface area contributed by atoms with Crippen LogP contribution in [0.1, 0.15) is 15.9 Å². The molecule has 2 rings (SSSR count). The molecule has 6 heteroatoms. The molecule has 0 aliphatic rings. The topological polar surface area (TPSA) is 69.6 Å². The summed E-state index contributed by atoms with van der Waals surface area (Å²) < 4.78 is 14.1. The van der Waals surface area contributed by atoms with Crippen LogP contribution < -0.4 is 5.32 Å². The molecule has 3 N–H and O–H groups in total. The molecule has 0 fully saturated rings. The number of carboxylic acid groups (broad SMARTS) is 1. The predicted octanol–water partition coefficient (Wildman–Crippen LogP) is 3.60. The highest BCUT2D eigenvalue weighted by Gasteiger charge is 2.11. The number of phenols is 1. The number of carbonyl (C=O) groups is 1. The van der Waals surface area contributed by atoms with Crippen molar-refractivity contribution in [2.75, 3.05) is 5.32 Å². The lowest BCUT2D eigenvalue weighted by molar-refractivity contribution is 0.0692. The van der Waals surface area contributed by atoms with E-state index in [4.69, 9.17) is 5.11 Å². The van der Waals surface area contributed by atoms with Gasteiger partial charge in [0.15, 0.2) is 0 Å². The van der Waals surface area contributed by atoms with E-state index in [2.05, 4.69) is 21.2 Å². The fourth-order valence-electron chi connectivity index (χ4n) is 1.69. The van der Waals surface area contributed by atoms with Gasteiger partial charge in [0.25, 0.3) is 0 Å². The van der Waals surface area contributed by atoms with Crippen molar-refractivity contribution in [2.45, 2.75) is 6.54 Å². The Balaban J connectivity index is 2.17. The quantitative estimate of drug-likeness (QED) is 0.795. The average Bonchev–Trinajstić information content (AvgIpc) is 2.41. The smallest absolute Gasteiger partial charge is 0.338 e. The number of halogens is 2. The van der Waals surface area contributed by atoms with Crippen molar-refractivity contribution >= 4 is 27.6 Å². The van der Waals surface area contributed by atoms with Gasteiger partial charge in [-0.1, -0.05) is 15.9 Å². The summed E-state index contributed by atoms with van der Waals surface area (Å²) in [5, 5.41) is 21.5. The lowest BCUT2D eigenvalue weighted by Crippen LogP contribution is -2.04. The molecular formula is C14H11BrFNO3. The minimum absolute atomic E-state index is 0.126. The number of nitrogens with one attached hydrogen (secondary N) is 1. The first-order valence-corrected chi connectivity index (χ1v) is 6.51. The third-order valence-electron chi connectivity index (χ3n) is 2.72. The van der Waals surface area contributed by atoms with Gasteiger partial charge < -0.3 is 15.5 Å². The Morgan fingerprint density at radius 3 is 2.70 bits per heavy atom. The SMILES string of the molecule is O=C(O)c1cc(NCc2cc(Br)ccc2O)ccc1F. The Labute approximate surface area is 123 Å². The monoisotopic (exact) mass is 339 g/mol. The summed E-state index contributed by atoms with van der Waals surface area (Å²) in [6.07, 6.45) is 0. The molecule has 20 heavy (non-hydrogen) atoms. The van der Waals surface area contributed by atoms with Crippen LogP contribution in [0.15, 0.2) is 40.9 Å². The fraction of sp³-hybridized carbons (Fsp3) is 0.0714. The number of hydrogen-bond donors (Lipinski definition) is 3. The number of aromatic carboxylic acids is 1. The van der Waals surface area contributed by atoms with Gasteiger partial charge in [0.1, 0.15) is 11.6 Å². The van der Waals surface area contributed by atoms with Crippen molar-refractivity contribution < 1.29 is 19.4 Å². The Kier molecular flexibility index (Phi) is 4.24. The highest BCUT2D eigenvalue weighted by Crippen LogP contribution is 2.23. The largest absolute Gasteiger partial charge is 0.508 e. The zero-order valence-electron chi connectivity index (χ0n) is 10.2. The third-order valence-corrected chi connectivity index (χ3v) is 3.21. The second-order valence-corrected chi connectivity index (χ2v) is 5.04. The van der Waals surface area contributed by atoms with Crippen molar-refractivity contribution in [3.63, 3.8) is 0 Å². The minimum atomic E-state index is -1.32. The van der Waals surface area contributed by atoms with Crippen molar-refractivity contribution in [3.05, 3.63) is 57.8 Å². The molecule has 0 aromatic heterocycles.